The van der Waals surface area contributed by atoms with Gasteiger partial charge in [-0.05, 0) is 50.3 Å². The van der Waals surface area contributed by atoms with Crippen molar-refractivity contribution in [2.45, 2.75) is 57.4 Å². The van der Waals surface area contributed by atoms with Crippen LogP contribution in [0.3, 0.4) is 0 Å². The average molecular weight is 257 g/mol. The smallest absolute Gasteiger partial charge is 0.0376 e. The second kappa shape index (κ2) is 6.56. The van der Waals surface area contributed by atoms with E-state index in [1.807, 2.05) is 0 Å². The van der Waals surface area contributed by atoms with Gasteiger partial charge in [0.05, 0.1) is 0 Å². The lowest BCUT2D eigenvalue weighted by Gasteiger charge is -2.41. The van der Waals surface area contributed by atoms with Crippen LogP contribution in [0.2, 0.25) is 0 Å². The van der Waals surface area contributed by atoms with Crippen LogP contribution in [0.5, 0.6) is 0 Å². The summed E-state index contributed by atoms with van der Waals surface area (Å²) in [4.78, 5) is 2.79. The summed E-state index contributed by atoms with van der Waals surface area (Å²) in [7, 11) is 0. The third kappa shape index (κ3) is 3.20. The van der Waals surface area contributed by atoms with Crippen molar-refractivity contribution in [2.24, 2.45) is 5.92 Å². The van der Waals surface area contributed by atoms with Gasteiger partial charge in [0.25, 0.3) is 0 Å². The lowest BCUT2D eigenvalue weighted by molar-refractivity contribution is 0.0966. The fraction of sp³-hybridized carbons (Fsp3) is 0.667. The Balaban J connectivity index is 1.81. The second-order valence-electron chi connectivity index (χ2n) is 6.35. The molecule has 1 unspecified atom stereocenters. The molecule has 0 bridgehead atoms. The molecule has 1 saturated carbocycles. The van der Waals surface area contributed by atoms with E-state index in [1.165, 1.54) is 64.5 Å². The van der Waals surface area contributed by atoms with Crippen molar-refractivity contribution in [3.05, 3.63) is 35.9 Å². The van der Waals surface area contributed by atoms with Crippen molar-refractivity contribution in [3.63, 3.8) is 0 Å². The van der Waals surface area contributed by atoms with Gasteiger partial charge in [-0.2, -0.15) is 0 Å². The molecule has 1 heterocycles. The van der Waals surface area contributed by atoms with Crippen LogP contribution in [0.1, 0.15) is 63.0 Å². The molecule has 0 spiro atoms. The number of rotatable bonds is 3. The highest BCUT2D eigenvalue weighted by Crippen LogP contribution is 2.39. The van der Waals surface area contributed by atoms with Crippen LogP contribution in [0.4, 0.5) is 0 Å². The van der Waals surface area contributed by atoms with Gasteiger partial charge in [-0.1, -0.05) is 56.0 Å². The zero-order chi connectivity index (χ0) is 12.9. The number of hydrogen-bond acceptors (Lipinski definition) is 1. The molecule has 1 heteroatoms. The minimum atomic E-state index is 0.696. The highest BCUT2D eigenvalue weighted by molar-refractivity contribution is 5.20. The van der Waals surface area contributed by atoms with Crippen molar-refractivity contribution >= 4 is 0 Å². The lowest BCUT2D eigenvalue weighted by atomic mass is 9.80. The molecule has 1 atom stereocenters. The predicted molar refractivity (Wildman–Crippen MR) is 81.2 cm³/mol. The van der Waals surface area contributed by atoms with E-state index in [1.54, 1.807) is 5.56 Å². The molecule has 0 aromatic heterocycles. The number of piperidine rings is 1. The van der Waals surface area contributed by atoms with Gasteiger partial charge in [0, 0.05) is 6.04 Å². The summed E-state index contributed by atoms with van der Waals surface area (Å²) >= 11 is 0. The van der Waals surface area contributed by atoms with E-state index < -0.39 is 0 Å². The van der Waals surface area contributed by atoms with E-state index in [4.69, 9.17) is 0 Å². The van der Waals surface area contributed by atoms with Gasteiger partial charge >= 0.3 is 0 Å². The van der Waals surface area contributed by atoms with Gasteiger partial charge in [0.15, 0.2) is 0 Å². The summed E-state index contributed by atoms with van der Waals surface area (Å²) in [6.45, 7) is 2.63. The molecule has 2 fully saturated rings. The molecule has 1 aliphatic heterocycles. The zero-order valence-corrected chi connectivity index (χ0v) is 12.1. The van der Waals surface area contributed by atoms with Gasteiger partial charge in [-0.15, -0.1) is 0 Å². The van der Waals surface area contributed by atoms with Crippen LogP contribution in [0.15, 0.2) is 30.3 Å². The third-order valence-corrected chi connectivity index (χ3v) is 5.02. The molecule has 0 amide bonds. The normalized spacial score (nSPS) is 24.2. The molecular formula is C18H27N. The van der Waals surface area contributed by atoms with Gasteiger partial charge in [0.2, 0.25) is 0 Å². The number of nitrogens with zero attached hydrogens (tertiary/aromatic N) is 1. The van der Waals surface area contributed by atoms with Crippen LogP contribution >= 0.6 is 0 Å². The molecule has 1 aliphatic carbocycles. The first-order valence-corrected chi connectivity index (χ1v) is 8.24. The zero-order valence-electron chi connectivity index (χ0n) is 12.1. The predicted octanol–water partition coefficient (Wildman–Crippen LogP) is 4.79. The molecule has 0 N–H and O–H groups in total. The molecule has 19 heavy (non-hydrogen) atoms. The highest BCUT2D eigenvalue weighted by Gasteiger charge is 2.30. The Kier molecular flexibility index (Phi) is 4.55. The Morgan fingerprint density at radius 3 is 2.11 bits per heavy atom. The molecule has 1 nitrogen and oxygen atoms in total. The Morgan fingerprint density at radius 2 is 1.42 bits per heavy atom. The maximum Gasteiger partial charge on any atom is 0.0376 e. The van der Waals surface area contributed by atoms with Gasteiger partial charge in [-0.3, -0.25) is 4.90 Å². The lowest BCUT2D eigenvalue weighted by Crippen LogP contribution is -2.38. The van der Waals surface area contributed by atoms with Crippen LogP contribution < -0.4 is 0 Å². The van der Waals surface area contributed by atoms with E-state index in [-0.39, 0.29) is 0 Å². The Labute approximate surface area is 118 Å². The van der Waals surface area contributed by atoms with E-state index in [0.717, 1.165) is 5.92 Å². The van der Waals surface area contributed by atoms with Crippen molar-refractivity contribution in [2.75, 3.05) is 13.1 Å². The number of hydrogen-bond donors (Lipinski definition) is 0. The molecule has 1 aromatic rings. The van der Waals surface area contributed by atoms with Crippen LogP contribution in [-0.4, -0.2) is 18.0 Å². The maximum absolute atomic E-state index is 2.79. The van der Waals surface area contributed by atoms with Crippen molar-refractivity contribution in [1.82, 2.24) is 4.90 Å². The summed E-state index contributed by atoms with van der Waals surface area (Å²) in [5.41, 5.74) is 1.57. The van der Waals surface area contributed by atoms with Gasteiger partial charge in [-0.25, -0.2) is 0 Å². The van der Waals surface area contributed by atoms with Gasteiger partial charge in [0.1, 0.15) is 0 Å². The fourth-order valence-electron chi connectivity index (χ4n) is 4.08. The molecule has 0 radical (unpaired) electrons. The molecule has 1 aromatic carbocycles. The van der Waals surface area contributed by atoms with Crippen LogP contribution in [-0.2, 0) is 0 Å². The quantitative estimate of drug-likeness (QED) is 0.752. The molecular weight excluding hydrogens is 230 g/mol. The topological polar surface area (TPSA) is 3.24 Å². The monoisotopic (exact) mass is 257 g/mol. The molecule has 104 valence electrons. The molecule has 1 saturated heterocycles. The minimum Gasteiger partial charge on any atom is -0.296 e. The van der Waals surface area contributed by atoms with Crippen LogP contribution in [0, 0.1) is 5.92 Å². The first-order valence-electron chi connectivity index (χ1n) is 8.24. The molecule has 3 rings (SSSR count). The summed E-state index contributed by atoms with van der Waals surface area (Å²) in [6.07, 6.45) is 11.5. The summed E-state index contributed by atoms with van der Waals surface area (Å²) in [5, 5.41) is 0. The fourth-order valence-corrected chi connectivity index (χ4v) is 4.08. The highest BCUT2D eigenvalue weighted by atomic mass is 15.2. The second-order valence-corrected chi connectivity index (χ2v) is 6.35. The summed E-state index contributed by atoms with van der Waals surface area (Å²) in [5.74, 6) is 0.897. The Bertz CT molecular complexity index is 343. The standard InChI is InChI=1S/C18H27N/c1-4-10-16(11-5-1)18(17-12-6-2-7-13-17)19-14-8-3-9-15-19/h1,4-5,10-11,17-18H,2-3,6-9,12-15H2. The van der Waals surface area contributed by atoms with Crippen molar-refractivity contribution < 1.29 is 0 Å². The van der Waals surface area contributed by atoms with Crippen molar-refractivity contribution in [1.29, 1.82) is 0 Å². The summed E-state index contributed by atoms with van der Waals surface area (Å²) < 4.78 is 0. The van der Waals surface area contributed by atoms with E-state index >= 15 is 0 Å². The summed E-state index contributed by atoms with van der Waals surface area (Å²) in [6, 6.07) is 12.0. The van der Waals surface area contributed by atoms with Crippen molar-refractivity contribution in [3.8, 4) is 0 Å². The molecule has 2 aliphatic rings. The average Bonchev–Trinajstić information content (AvgIpc) is 2.51. The first kappa shape index (κ1) is 13.2. The van der Waals surface area contributed by atoms with E-state index in [2.05, 4.69) is 35.2 Å². The first-order chi connectivity index (χ1) is 9.45. The number of likely N-dealkylation sites (tertiary alicyclic amines) is 1. The maximum atomic E-state index is 2.79. The SMILES string of the molecule is c1ccc(C(C2CCCCC2)N2CCCCC2)cc1. The number of benzene rings is 1. The largest absolute Gasteiger partial charge is 0.296 e. The Hall–Kier alpha value is -0.820. The third-order valence-electron chi connectivity index (χ3n) is 5.02. The van der Waals surface area contributed by atoms with Crippen LogP contribution in [0.25, 0.3) is 0 Å². The van der Waals surface area contributed by atoms with E-state index in [0.29, 0.717) is 6.04 Å². The van der Waals surface area contributed by atoms with Gasteiger partial charge < -0.3 is 0 Å². The Morgan fingerprint density at radius 1 is 0.789 bits per heavy atom. The van der Waals surface area contributed by atoms with E-state index in [9.17, 15) is 0 Å². The minimum absolute atomic E-state index is 0.696.